The molecule has 3 rings (SSSR count). The lowest BCUT2D eigenvalue weighted by molar-refractivity contribution is -0.123. The van der Waals surface area contributed by atoms with Crippen molar-refractivity contribution in [1.82, 2.24) is 20.1 Å². The van der Waals surface area contributed by atoms with E-state index in [-0.39, 0.29) is 11.9 Å². The number of benzene rings is 1. The van der Waals surface area contributed by atoms with Gasteiger partial charge in [-0.05, 0) is 37.6 Å². The van der Waals surface area contributed by atoms with Gasteiger partial charge in [-0.15, -0.1) is 0 Å². The minimum Gasteiger partial charge on any atom is -0.497 e. The molecule has 2 heterocycles. The lowest BCUT2D eigenvalue weighted by atomic mass is 10.2. The molecule has 28 heavy (non-hydrogen) atoms. The van der Waals surface area contributed by atoms with E-state index in [1.807, 2.05) is 31.2 Å². The van der Waals surface area contributed by atoms with Crippen molar-refractivity contribution in [2.24, 2.45) is 0 Å². The second-order valence-corrected chi connectivity index (χ2v) is 7.30. The zero-order valence-corrected chi connectivity index (χ0v) is 17.0. The predicted molar refractivity (Wildman–Crippen MR) is 108 cm³/mol. The second kappa shape index (κ2) is 9.71. The first kappa shape index (κ1) is 20.4. The molecule has 0 aliphatic carbocycles. The van der Waals surface area contributed by atoms with Crippen molar-refractivity contribution in [2.45, 2.75) is 32.9 Å². The fourth-order valence-corrected chi connectivity index (χ4v) is 3.21. The van der Waals surface area contributed by atoms with E-state index in [1.165, 1.54) is 0 Å². The van der Waals surface area contributed by atoms with Crippen LogP contribution in [0.2, 0.25) is 0 Å². The summed E-state index contributed by atoms with van der Waals surface area (Å²) in [5.41, 5.74) is 1.86. The second-order valence-electron chi connectivity index (χ2n) is 7.30. The standard InChI is InChI=1S/C21H30N4O3/c1-4-16(2)22-20(26)14-25-11-9-24(10-12-25)13-18-15-28-21(23-18)17-5-7-19(27-3)8-6-17/h5-8,15-16H,4,9-14H2,1-3H3,(H,22,26). The topological polar surface area (TPSA) is 70.8 Å². The Bertz CT molecular complexity index is 751. The van der Waals surface area contributed by atoms with E-state index < -0.39 is 0 Å². The van der Waals surface area contributed by atoms with Gasteiger partial charge in [-0.3, -0.25) is 14.6 Å². The van der Waals surface area contributed by atoms with E-state index in [2.05, 4.69) is 27.0 Å². The summed E-state index contributed by atoms with van der Waals surface area (Å²) in [4.78, 5) is 21.2. The summed E-state index contributed by atoms with van der Waals surface area (Å²) in [5.74, 6) is 1.55. The molecule has 1 atom stereocenters. The minimum atomic E-state index is 0.114. The van der Waals surface area contributed by atoms with E-state index in [9.17, 15) is 4.79 Å². The van der Waals surface area contributed by atoms with E-state index in [4.69, 9.17) is 9.15 Å². The largest absolute Gasteiger partial charge is 0.497 e. The molecule has 1 N–H and O–H groups in total. The first-order valence-corrected chi connectivity index (χ1v) is 9.90. The Morgan fingerprint density at radius 1 is 1.21 bits per heavy atom. The smallest absolute Gasteiger partial charge is 0.234 e. The van der Waals surface area contributed by atoms with Gasteiger partial charge in [0.05, 0.1) is 19.3 Å². The van der Waals surface area contributed by atoms with Crippen LogP contribution < -0.4 is 10.1 Å². The van der Waals surface area contributed by atoms with Crippen LogP contribution in [0.25, 0.3) is 11.5 Å². The van der Waals surface area contributed by atoms with E-state index >= 15 is 0 Å². The van der Waals surface area contributed by atoms with Crippen molar-refractivity contribution >= 4 is 5.91 Å². The van der Waals surface area contributed by atoms with Crippen LogP contribution in [-0.2, 0) is 11.3 Å². The fraction of sp³-hybridized carbons (Fsp3) is 0.524. The third-order valence-corrected chi connectivity index (χ3v) is 5.13. The number of methoxy groups -OCH3 is 1. The first-order chi connectivity index (χ1) is 13.6. The van der Waals surface area contributed by atoms with Crippen molar-refractivity contribution in [1.29, 1.82) is 0 Å². The van der Waals surface area contributed by atoms with Crippen molar-refractivity contribution in [3.05, 3.63) is 36.2 Å². The molecule has 0 radical (unpaired) electrons. The Kier molecular flexibility index (Phi) is 7.06. The summed E-state index contributed by atoms with van der Waals surface area (Å²) < 4.78 is 10.8. The Hall–Kier alpha value is -2.38. The Morgan fingerprint density at radius 3 is 2.54 bits per heavy atom. The molecule has 1 fully saturated rings. The predicted octanol–water partition coefficient (Wildman–Crippen LogP) is 2.38. The number of aromatic nitrogens is 1. The Labute approximate surface area is 166 Å². The highest BCUT2D eigenvalue weighted by molar-refractivity contribution is 5.78. The van der Waals surface area contributed by atoms with Gasteiger partial charge in [-0.2, -0.15) is 0 Å². The molecule has 2 aromatic rings. The number of ether oxygens (including phenoxy) is 1. The summed E-state index contributed by atoms with van der Waals surface area (Å²) in [6, 6.07) is 7.92. The number of hydrogen-bond donors (Lipinski definition) is 1. The number of carbonyl (C=O) groups excluding carboxylic acids is 1. The highest BCUT2D eigenvalue weighted by Crippen LogP contribution is 2.22. The van der Waals surface area contributed by atoms with Gasteiger partial charge in [-0.1, -0.05) is 6.92 Å². The summed E-state index contributed by atoms with van der Waals surface area (Å²) in [7, 11) is 1.65. The number of rotatable bonds is 8. The van der Waals surface area contributed by atoms with Crippen LogP contribution in [0, 0.1) is 0 Å². The SMILES string of the molecule is CCC(C)NC(=O)CN1CCN(Cc2coc(-c3ccc(OC)cc3)n2)CC1. The summed E-state index contributed by atoms with van der Waals surface area (Å²) in [6.07, 6.45) is 2.68. The van der Waals surface area contributed by atoms with Crippen LogP contribution in [-0.4, -0.2) is 66.6 Å². The van der Waals surface area contributed by atoms with Crippen molar-refractivity contribution in [2.75, 3.05) is 39.8 Å². The average Bonchev–Trinajstić information content (AvgIpc) is 3.18. The van der Waals surface area contributed by atoms with Gasteiger partial charge in [0.2, 0.25) is 11.8 Å². The molecule has 1 aliphatic rings. The lowest BCUT2D eigenvalue weighted by Gasteiger charge is -2.34. The van der Waals surface area contributed by atoms with Crippen LogP contribution in [0.4, 0.5) is 0 Å². The summed E-state index contributed by atoms with van der Waals surface area (Å²) in [6.45, 7) is 8.95. The van der Waals surface area contributed by atoms with Crippen LogP contribution >= 0.6 is 0 Å². The highest BCUT2D eigenvalue weighted by Gasteiger charge is 2.20. The number of nitrogens with zero attached hydrogens (tertiary/aromatic N) is 3. The zero-order valence-electron chi connectivity index (χ0n) is 17.0. The summed E-state index contributed by atoms with van der Waals surface area (Å²) in [5, 5.41) is 3.03. The molecule has 7 heteroatoms. The van der Waals surface area contributed by atoms with Gasteiger partial charge < -0.3 is 14.5 Å². The minimum absolute atomic E-state index is 0.114. The zero-order chi connectivity index (χ0) is 19.9. The number of carbonyl (C=O) groups is 1. The normalized spacial score (nSPS) is 16.7. The van der Waals surface area contributed by atoms with Crippen LogP contribution in [0.15, 0.2) is 34.9 Å². The van der Waals surface area contributed by atoms with Gasteiger partial charge >= 0.3 is 0 Å². The number of hydrogen-bond acceptors (Lipinski definition) is 6. The lowest BCUT2D eigenvalue weighted by Crippen LogP contribution is -2.49. The van der Waals surface area contributed by atoms with Crippen LogP contribution in [0.5, 0.6) is 5.75 Å². The van der Waals surface area contributed by atoms with E-state index in [1.54, 1.807) is 13.4 Å². The van der Waals surface area contributed by atoms with Gasteiger partial charge in [0.25, 0.3) is 0 Å². The molecule has 152 valence electrons. The molecule has 0 saturated carbocycles. The monoisotopic (exact) mass is 386 g/mol. The maximum atomic E-state index is 12.0. The molecular formula is C21H30N4O3. The maximum Gasteiger partial charge on any atom is 0.234 e. The number of amides is 1. The Balaban J connectivity index is 1.46. The van der Waals surface area contributed by atoms with Crippen molar-refractivity contribution in [3.63, 3.8) is 0 Å². The Morgan fingerprint density at radius 2 is 1.89 bits per heavy atom. The quantitative estimate of drug-likeness (QED) is 0.751. The van der Waals surface area contributed by atoms with Crippen LogP contribution in [0.1, 0.15) is 26.0 Å². The molecule has 1 unspecified atom stereocenters. The third-order valence-electron chi connectivity index (χ3n) is 5.13. The van der Waals surface area contributed by atoms with Gasteiger partial charge in [-0.25, -0.2) is 4.98 Å². The highest BCUT2D eigenvalue weighted by atomic mass is 16.5. The van der Waals surface area contributed by atoms with Gasteiger partial charge in [0, 0.05) is 44.3 Å². The summed E-state index contributed by atoms with van der Waals surface area (Å²) >= 11 is 0. The van der Waals surface area contributed by atoms with Crippen LogP contribution in [0.3, 0.4) is 0 Å². The molecule has 1 aromatic heterocycles. The maximum absolute atomic E-state index is 12.0. The fourth-order valence-electron chi connectivity index (χ4n) is 3.21. The van der Waals surface area contributed by atoms with E-state index in [0.29, 0.717) is 12.4 Å². The molecule has 1 saturated heterocycles. The van der Waals surface area contributed by atoms with Gasteiger partial charge in [0.15, 0.2) is 0 Å². The first-order valence-electron chi connectivity index (χ1n) is 9.90. The number of piperazine rings is 1. The number of nitrogens with one attached hydrogen (secondary N) is 1. The number of oxazole rings is 1. The molecule has 1 amide bonds. The molecule has 0 bridgehead atoms. The molecule has 1 aliphatic heterocycles. The van der Waals surface area contributed by atoms with Crippen molar-refractivity contribution < 1.29 is 13.9 Å². The van der Waals surface area contributed by atoms with E-state index in [0.717, 1.165) is 56.2 Å². The third kappa shape index (κ3) is 5.56. The van der Waals surface area contributed by atoms with Gasteiger partial charge in [0.1, 0.15) is 12.0 Å². The molecule has 7 nitrogen and oxygen atoms in total. The molecular weight excluding hydrogens is 356 g/mol. The van der Waals surface area contributed by atoms with Crippen molar-refractivity contribution in [3.8, 4) is 17.2 Å². The average molecular weight is 386 g/mol. The molecule has 0 spiro atoms. The molecule has 1 aromatic carbocycles.